The van der Waals surface area contributed by atoms with Crippen molar-refractivity contribution in [3.63, 3.8) is 0 Å². The van der Waals surface area contributed by atoms with Crippen LogP contribution in [0.3, 0.4) is 0 Å². The highest BCUT2D eigenvalue weighted by atomic mass is 16.5. The molecule has 0 fully saturated rings. The van der Waals surface area contributed by atoms with Gasteiger partial charge >= 0.3 is 11.9 Å². The third kappa shape index (κ3) is 4.04. The Balaban J connectivity index is 4.68. The fraction of sp³-hybridized carbons (Fsp3) is 0.556. The average molecular weight is 202 g/mol. The van der Waals surface area contributed by atoms with Crippen molar-refractivity contribution in [1.82, 2.24) is 0 Å². The maximum absolute atomic E-state index is 10.5. The molecule has 0 aliphatic heterocycles. The van der Waals surface area contributed by atoms with Crippen LogP contribution in [0.15, 0.2) is 11.6 Å². The van der Waals surface area contributed by atoms with Gasteiger partial charge in [-0.15, -0.1) is 0 Å². The van der Waals surface area contributed by atoms with Gasteiger partial charge < -0.3 is 14.9 Å². The van der Waals surface area contributed by atoms with E-state index in [2.05, 4.69) is 0 Å². The third-order valence-corrected chi connectivity index (χ3v) is 1.60. The first-order valence-electron chi connectivity index (χ1n) is 4.32. The summed E-state index contributed by atoms with van der Waals surface area (Å²) in [5, 5.41) is 17.1. The Hall–Kier alpha value is -1.36. The van der Waals surface area contributed by atoms with Gasteiger partial charge in [-0.25, -0.2) is 9.59 Å². The molecule has 80 valence electrons. The van der Waals surface area contributed by atoms with Crippen molar-refractivity contribution in [2.45, 2.75) is 26.4 Å². The van der Waals surface area contributed by atoms with Crippen LogP contribution in [0.4, 0.5) is 0 Å². The van der Waals surface area contributed by atoms with E-state index in [9.17, 15) is 9.59 Å². The van der Waals surface area contributed by atoms with E-state index >= 15 is 0 Å². The highest BCUT2D eigenvalue weighted by Crippen LogP contribution is 2.05. The Kier molecular flexibility index (Phi) is 5.55. The zero-order chi connectivity index (χ0) is 11.1. The molecule has 0 saturated heterocycles. The molecule has 0 amide bonds. The fourth-order valence-electron chi connectivity index (χ4n) is 0.918. The van der Waals surface area contributed by atoms with Gasteiger partial charge in [0.2, 0.25) is 0 Å². The first-order chi connectivity index (χ1) is 6.52. The predicted octanol–water partition coefficient (Wildman–Crippen LogP) is 0.897. The Morgan fingerprint density at radius 2 is 1.79 bits per heavy atom. The summed E-state index contributed by atoms with van der Waals surface area (Å²) >= 11 is 0. The lowest BCUT2D eigenvalue weighted by Gasteiger charge is -2.10. The van der Waals surface area contributed by atoms with Crippen molar-refractivity contribution in [2.75, 3.05) is 6.61 Å². The van der Waals surface area contributed by atoms with Crippen LogP contribution in [0, 0.1) is 0 Å². The molecule has 0 aromatic carbocycles. The number of carboxylic acid groups (broad SMARTS) is 2. The molecule has 0 rings (SSSR count). The van der Waals surface area contributed by atoms with E-state index in [1.54, 1.807) is 13.8 Å². The topological polar surface area (TPSA) is 83.8 Å². The molecular weight excluding hydrogens is 188 g/mol. The van der Waals surface area contributed by atoms with Gasteiger partial charge in [0.1, 0.15) is 5.57 Å². The highest BCUT2D eigenvalue weighted by molar-refractivity contribution is 6.12. The number of hydrogen-bond acceptors (Lipinski definition) is 3. The third-order valence-electron chi connectivity index (χ3n) is 1.60. The van der Waals surface area contributed by atoms with Crippen LogP contribution in [0.2, 0.25) is 0 Å². The Labute approximate surface area is 82.0 Å². The first kappa shape index (κ1) is 12.6. The maximum Gasteiger partial charge on any atom is 0.342 e. The number of carbonyl (C=O) groups is 2. The first-order valence-corrected chi connectivity index (χ1v) is 4.32. The zero-order valence-corrected chi connectivity index (χ0v) is 8.19. The SMILES string of the molecule is CCOC(C=C(C(=O)O)C(=O)O)CC. The van der Waals surface area contributed by atoms with E-state index in [4.69, 9.17) is 14.9 Å². The Morgan fingerprint density at radius 3 is 2.07 bits per heavy atom. The molecule has 5 heteroatoms. The molecular formula is C9H14O5. The second kappa shape index (κ2) is 6.15. The van der Waals surface area contributed by atoms with E-state index in [1.807, 2.05) is 0 Å². The van der Waals surface area contributed by atoms with Crippen molar-refractivity contribution in [1.29, 1.82) is 0 Å². The quantitative estimate of drug-likeness (QED) is 0.379. The van der Waals surface area contributed by atoms with Gasteiger partial charge in [-0.2, -0.15) is 0 Å². The summed E-state index contributed by atoms with van der Waals surface area (Å²) < 4.78 is 5.12. The van der Waals surface area contributed by atoms with E-state index in [1.165, 1.54) is 0 Å². The molecule has 2 N–H and O–H groups in total. The van der Waals surface area contributed by atoms with E-state index < -0.39 is 23.6 Å². The molecule has 0 bridgehead atoms. The monoisotopic (exact) mass is 202 g/mol. The number of hydrogen-bond donors (Lipinski definition) is 2. The van der Waals surface area contributed by atoms with Gasteiger partial charge in [0, 0.05) is 6.61 Å². The summed E-state index contributed by atoms with van der Waals surface area (Å²) in [4.78, 5) is 21.0. The van der Waals surface area contributed by atoms with Crippen LogP contribution in [0.1, 0.15) is 20.3 Å². The molecule has 1 atom stereocenters. The van der Waals surface area contributed by atoms with Crippen LogP contribution < -0.4 is 0 Å². The molecule has 0 saturated carbocycles. The smallest absolute Gasteiger partial charge is 0.342 e. The molecule has 5 nitrogen and oxygen atoms in total. The van der Waals surface area contributed by atoms with Crippen molar-refractivity contribution < 1.29 is 24.5 Å². The minimum absolute atomic E-state index is 0.418. The molecule has 0 aliphatic rings. The van der Waals surface area contributed by atoms with Gasteiger partial charge in [0.05, 0.1) is 6.10 Å². The molecule has 1 unspecified atom stereocenters. The maximum atomic E-state index is 10.5. The number of ether oxygens (including phenoxy) is 1. The van der Waals surface area contributed by atoms with Crippen molar-refractivity contribution >= 4 is 11.9 Å². The van der Waals surface area contributed by atoms with Gasteiger partial charge in [-0.3, -0.25) is 0 Å². The molecule has 0 aliphatic carbocycles. The lowest BCUT2D eigenvalue weighted by atomic mass is 10.1. The fourth-order valence-corrected chi connectivity index (χ4v) is 0.918. The minimum Gasteiger partial charge on any atom is -0.477 e. The van der Waals surface area contributed by atoms with Gasteiger partial charge in [-0.1, -0.05) is 6.92 Å². The summed E-state index contributed by atoms with van der Waals surface area (Å²) in [6, 6.07) is 0. The minimum atomic E-state index is -1.45. The lowest BCUT2D eigenvalue weighted by Crippen LogP contribution is -2.17. The number of rotatable bonds is 6. The zero-order valence-electron chi connectivity index (χ0n) is 8.19. The molecule has 14 heavy (non-hydrogen) atoms. The second-order valence-electron chi connectivity index (χ2n) is 2.59. The van der Waals surface area contributed by atoms with Crippen molar-refractivity contribution in [2.24, 2.45) is 0 Å². The number of carboxylic acids is 2. The van der Waals surface area contributed by atoms with Crippen LogP contribution >= 0.6 is 0 Å². The van der Waals surface area contributed by atoms with Gasteiger partial charge in [0.25, 0.3) is 0 Å². The summed E-state index contributed by atoms with van der Waals surface area (Å²) in [5.74, 6) is -2.90. The van der Waals surface area contributed by atoms with E-state index in [0.717, 1.165) is 6.08 Å². The predicted molar refractivity (Wildman–Crippen MR) is 49.1 cm³/mol. The molecule has 0 radical (unpaired) electrons. The Bertz CT molecular complexity index is 228. The number of aliphatic carboxylic acids is 2. The van der Waals surface area contributed by atoms with E-state index in [-0.39, 0.29) is 0 Å². The summed E-state index contributed by atoms with van der Waals surface area (Å²) in [7, 11) is 0. The second-order valence-corrected chi connectivity index (χ2v) is 2.59. The molecule has 0 aromatic rings. The van der Waals surface area contributed by atoms with Crippen molar-refractivity contribution in [3.05, 3.63) is 11.6 Å². The van der Waals surface area contributed by atoms with Crippen LogP contribution in [-0.4, -0.2) is 34.9 Å². The van der Waals surface area contributed by atoms with Crippen LogP contribution in [0.5, 0.6) is 0 Å². The average Bonchev–Trinajstić information content (AvgIpc) is 2.10. The summed E-state index contributed by atoms with van der Waals surface area (Å²) in [6.45, 7) is 3.97. The van der Waals surface area contributed by atoms with Crippen LogP contribution in [0.25, 0.3) is 0 Å². The molecule has 0 heterocycles. The highest BCUT2D eigenvalue weighted by Gasteiger charge is 2.18. The summed E-state index contributed by atoms with van der Waals surface area (Å²) in [5.41, 5.74) is -0.648. The van der Waals surface area contributed by atoms with Crippen molar-refractivity contribution in [3.8, 4) is 0 Å². The lowest BCUT2D eigenvalue weighted by molar-refractivity contribution is -0.140. The normalized spacial score (nSPS) is 11.9. The van der Waals surface area contributed by atoms with E-state index in [0.29, 0.717) is 13.0 Å². The largest absolute Gasteiger partial charge is 0.477 e. The standard InChI is InChI=1S/C9H14O5/c1-3-6(14-4-2)5-7(8(10)11)9(12)13/h5-6H,3-4H2,1-2H3,(H,10,11)(H,12,13). The molecule has 0 spiro atoms. The van der Waals surface area contributed by atoms with Gasteiger partial charge in [-0.05, 0) is 19.4 Å². The van der Waals surface area contributed by atoms with Crippen LogP contribution in [-0.2, 0) is 14.3 Å². The van der Waals surface area contributed by atoms with Gasteiger partial charge in [0.15, 0.2) is 0 Å². The summed E-state index contributed by atoms with van der Waals surface area (Å²) in [6.07, 6.45) is 1.20. The Morgan fingerprint density at radius 1 is 1.29 bits per heavy atom. The molecule has 0 aromatic heterocycles.